The van der Waals surface area contributed by atoms with Gasteiger partial charge < -0.3 is 9.94 Å². The Bertz CT molecular complexity index is 1010. The van der Waals surface area contributed by atoms with Crippen LogP contribution in [0.4, 0.5) is 0 Å². The average molecular weight is 382 g/mol. The smallest absolute Gasteiger partial charge is 0.230 e. The average Bonchev–Trinajstić information content (AvgIpc) is 2.96. The van der Waals surface area contributed by atoms with Crippen molar-refractivity contribution in [2.24, 2.45) is 5.16 Å². The van der Waals surface area contributed by atoms with E-state index in [4.69, 9.17) is 4.74 Å². The van der Waals surface area contributed by atoms with Gasteiger partial charge in [0, 0.05) is 16.3 Å². The number of hydrogen-bond donors (Lipinski definition) is 1. The zero-order valence-electron chi connectivity index (χ0n) is 16.0. The van der Waals surface area contributed by atoms with Crippen molar-refractivity contribution in [3.63, 3.8) is 0 Å². The van der Waals surface area contributed by atoms with Gasteiger partial charge in [0.15, 0.2) is 0 Å². The minimum atomic E-state index is 0.264. The van der Waals surface area contributed by atoms with Crippen LogP contribution in [0.25, 0.3) is 0 Å². The van der Waals surface area contributed by atoms with Crippen molar-refractivity contribution in [2.45, 2.75) is 32.6 Å². The summed E-state index contributed by atoms with van der Waals surface area (Å²) in [6.45, 7) is 7.72. The molecular weight excluding hydrogens is 360 g/mol. The Morgan fingerprint density at radius 2 is 1.85 bits per heavy atom. The van der Waals surface area contributed by atoms with Crippen LogP contribution in [0.2, 0.25) is 0 Å². The molecule has 0 radical (unpaired) electrons. The number of aromatic nitrogens is 3. The Morgan fingerprint density at radius 3 is 2.44 bits per heavy atom. The molecule has 0 bridgehead atoms. The molecule has 3 aromatic rings. The summed E-state index contributed by atoms with van der Waals surface area (Å²) in [4.78, 5) is 5.71. The van der Waals surface area contributed by atoms with E-state index in [1.807, 2.05) is 70.3 Å². The molecule has 0 aliphatic heterocycles. The molecule has 0 aliphatic rings. The molecule has 1 N–H and O–H groups in total. The van der Waals surface area contributed by atoms with Crippen LogP contribution in [0.3, 0.4) is 0 Å². The largest absolute Gasteiger partial charge is 0.438 e. The van der Waals surface area contributed by atoms with Crippen LogP contribution in [0.15, 0.2) is 46.4 Å². The Kier molecular flexibility index (Phi) is 5.51. The number of ether oxygens (including phenoxy) is 1. The van der Waals surface area contributed by atoms with E-state index in [1.165, 1.54) is 4.90 Å². The number of nitrogens with zero attached hydrogens (tertiary/aromatic N) is 4. The van der Waals surface area contributed by atoms with Gasteiger partial charge in [0.25, 0.3) is 0 Å². The molecule has 0 atom stereocenters. The number of aryl methyl sites for hydroxylation is 4. The van der Waals surface area contributed by atoms with E-state index in [0.717, 1.165) is 22.6 Å². The Balaban J connectivity index is 2.05. The second-order valence-electron chi connectivity index (χ2n) is 6.30. The lowest BCUT2D eigenvalue weighted by Crippen LogP contribution is -2.18. The van der Waals surface area contributed by atoms with Crippen LogP contribution in [0.1, 0.15) is 28.2 Å². The second-order valence-corrected chi connectivity index (χ2v) is 7.15. The molecule has 2 heterocycles. The van der Waals surface area contributed by atoms with Crippen LogP contribution in [-0.4, -0.2) is 32.1 Å². The number of benzene rings is 1. The highest BCUT2D eigenvalue weighted by Crippen LogP contribution is 2.29. The van der Waals surface area contributed by atoms with Gasteiger partial charge in [-0.2, -0.15) is 5.10 Å². The first-order valence-corrected chi connectivity index (χ1v) is 9.71. The Morgan fingerprint density at radius 1 is 1.07 bits per heavy atom. The summed E-state index contributed by atoms with van der Waals surface area (Å²) in [5.41, 5.74) is 4.17. The third-order valence-electron chi connectivity index (χ3n) is 4.13. The molecule has 0 spiro atoms. The van der Waals surface area contributed by atoms with E-state index >= 15 is 0 Å². The number of pyridine rings is 1. The van der Waals surface area contributed by atoms with Crippen molar-refractivity contribution < 1.29 is 9.94 Å². The van der Waals surface area contributed by atoms with E-state index in [2.05, 4.69) is 15.2 Å². The van der Waals surface area contributed by atoms with Gasteiger partial charge in [0.05, 0.1) is 11.3 Å². The van der Waals surface area contributed by atoms with Crippen molar-refractivity contribution in [2.75, 3.05) is 6.26 Å². The maximum absolute atomic E-state index is 9.68. The summed E-state index contributed by atoms with van der Waals surface area (Å²) in [6, 6.07) is 11.5. The number of oxime groups is 1. The number of thioether (sulfide) groups is 1. The van der Waals surface area contributed by atoms with Crippen molar-refractivity contribution >= 4 is 17.6 Å². The summed E-state index contributed by atoms with van der Waals surface area (Å²) >= 11 is 1.69. The topological polar surface area (TPSA) is 72.5 Å². The van der Waals surface area contributed by atoms with Gasteiger partial charge >= 0.3 is 0 Å². The second kappa shape index (κ2) is 7.84. The van der Waals surface area contributed by atoms with Crippen LogP contribution in [0.5, 0.6) is 11.6 Å². The summed E-state index contributed by atoms with van der Waals surface area (Å²) < 4.78 is 7.65. The van der Waals surface area contributed by atoms with E-state index in [9.17, 15) is 5.21 Å². The van der Waals surface area contributed by atoms with Crippen molar-refractivity contribution in [3.8, 4) is 11.6 Å². The highest BCUT2D eigenvalue weighted by atomic mass is 32.2. The maximum atomic E-state index is 9.68. The molecule has 0 unspecified atom stereocenters. The summed E-state index contributed by atoms with van der Waals surface area (Å²) in [7, 11) is 0. The fourth-order valence-electron chi connectivity index (χ4n) is 2.86. The molecule has 2 aromatic heterocycles. The van der Waals surface area contributed by atoms with Gasteiger partial charge in [-0.1, -0.05) is 5.16 Å². The third-order valence-corrected chi connectivity index (χ3v) is 5.02. The van der Waals surface area contributed by atoms with E-state index in [1.54, 1.807) is 16.4 Å². The lowest BCUT2D eigenvalue weighted by molar-refractivity contribution is 0.316. The first-order valence-electron chi connectivity index (χ1n) is 8.49. The van der Waals surface area contributed by atoms with Crippen LogP contribution >= 0.6 is 11.8 Å². The van der Waals surface area contributed by atoms with Crippen LogP contribution in [-0.2, 0) is 0 Å². The zero-order chi connectivity index (χ0) is 19.6. The summed E-state index contributed by atoms with van der Waals surface area (Å²) in [5, 5.41) is 17.6. The first kappa shape index (κ1) is 19.0. The molecule has 27 heavy (non-hydrogen) atoms. The monoisotopic (exact) mass is 382 g/mol. The lowest BCUT2D eigenvalue weighted by atomic mass is 10.2. The van der Waals surface area contributed by atoms with E-state index in [-0.39, 0.29) is 5.84 Å². The molecule has 0 fully saturated rings. The van der Waals surface area contributed by atoms with Gasteiger partial charge in [0.1, 0.15) is 5.75 Å². The molecule has 3 rings (SSSR count). The van der Waals surface area contributed by atoms with Crippen LogP contribution < -0.4 is 4.74 Å². The predicted molar refractivity (Wildman–Crippen MR) is 107 cm³/mol. The predicted octanol–water partition coefficient (Wildman–Crippen LogP) is 4.71. The first-order chi connectivity index (χ1) is 12.9. The minimum Gasteiger partial charge on any atom is -0.438 e. The number of rotatable bonds is 4. The molecule has 0 saturated carbocycles. The van der Waals surface area contributed by atoms with Crippen molar-refractivity contribution in [1.29, 1.82) is 0 Å². The lowest BCUT2D eigenvalue weighted by Gasteiger charge is -2.14. The van der Waals surface area contributed by atoms with E-state index in [0.29, 0.717) is 17.2 Å². The number of hydrogen-bond acceptors (Lipinski definition) is 6. The molecule has 0 aliphatic carbocycles. The summed E-state index contributed by atoms with van der Waals surface area (Å²) in [6.07, 6.45) is 2.04. The van der Waals surface area contributed by atoms with Crippen LogP contribution in [0, 0.1) is 27.7 Å². The minimum absolute atomic E-state index is 0.264. The zero-order valence-corrected chi connectivity index (χ0v) is 16.8. The molecule has 7 heteroatoms. The summed E-state index contributed by atoms with van der Waals surface area (Å²) in [5.74, 6) is 1.31. The van der Waals surface area contributed by atoms with Gasteiger partial charge in [0.2, 0.25) is 11.7 Å². The van der Waals surface area contributed by atoms with Gasteiger partial charge in [-0.25, -0.2) is 9.67 Å². The van der Waals surface area contributed by atoms with Gasteiger partial charge in [-0.3, -0.25) is 0 Å². The van der Waals surface area contributed by atoms with Crippen molar-refractivity contribution in [1.82, 2.24) is 14.8 Å². The van der Waals surface area contributed by atoms with Gasteiger partial charge in [-0.05, 0) is 75.9 Å². The van der Waals surface area contributed by atoms with E-state index < -0.39 is 0 Å². The highest BCUT2D eigenvalue weighted by Gasteiger charge is 2.19. The molecule has 6 nitrogen and oxygen atoms in total. The Labute approximate surface area is 162 Å². The molecule has 140 valence electrons. The Hall–Kier alpha value is -2.80. The molecule has 0 amide bonds. The molecular formula is C20H22N4O2S. The fourth-order valence-corrected chi connectivity index (χ4v) is 3.45. The standard InChI is InChI=1S/C20H22N4O2S/c1-12-10-16(7-9-18(12)27-5)26-20-17(8-6-13(2)21-20)19(23-25)24-15(4)11-14(3)22-24/h6-11,25H,1-5H3/b23-19-. The third kappa shape index (κ3) is 3.98. The normalized spacial score (nSPS) is 11.7. The van der Waals surface area contributed by atoms with Gasteiger partial charge in [-0.15, -0.1) is 11.8 Å². The maximum Gasteiger partial charge on any atom is 0.230 e. The molecule has 0 saturated heterocycles. The SMILES string of the molecule is CSc1ccc(Oc2nc(C)ccc2/C(=N/O)n2nc(C)cc2C)cc1C. The van der Waals surface area contributed by atoms with Crippen molar-refractivity contribution in [3.05, 3.63) is 64.6 Å². The fraction of sp³-hybridized carbons (Fsp3) is 0.250. The highest BCUT2D eigenvalue weighted by molar-refractivity contribution is 7.98. The quantitative estimate of drug-likeness (QED) is 0.233. The molecule has 1 aromatic carbocycles.